The standard InChI is InChI=1S/C17H21N5OS2/c1-21-8-10-22(11-9-21)17(19-14-5-3-2-4-6-14)25-13-15(23)20-16-18-7-12-24-16/h2-7,12H,8-11,13H2,1H3,(H,18,20,23)/p+1. The number of hydrogen-bond donors (Lipinski definition) is 2. The summed E-state index contributed by atoms with van der Waals surface area (Å²) in [6, 6.07) is 9.90. The third-order valence-corrected chi connectivity index (χ3v) is 5.58. The average Bonchev–Trinajstić information content (AvgIpc) is 3.13. The molecule has 2 N–H and O–H groups in total. The quantitative estimate of drug-likeness (QED) is 0.624. The van der Waals surface area contributed by atoms with Gasteiger partial charge in [0.2, 0.25) is 5.91 Å². The first-order valence-corrected chi connectivity index (χ1v) is 10.1. The molecule has 1 aromatic heterocycles. The Balaban J connectivity index is 1.65. The highest BCUT2D eigenvalue weighted by molar-refractivity contribution is 8.14. The second kappa shape index (κ2) is 8.98. The molecule has 6 nitrogen and oxygen atoms in total. The van der Waals surface area contributed by atoms with E-state index in [1.54, 1.807) is 6.20 Å². The van der Waals surface area contributed by atoms with E-state index in [0.717, 1.165) is 37.0 Å². The molecule has 1 aliphatic rings. The number of amides is 1. The Morgan fingerprint density at radius 2 is 2.12 bits per heavy atom. The fourth-order valence-electron chi connectivity index (χ4n) is 2.46. The van der Waals surface area contributed by atoms with E-state index in [0.29, 0.717) is 10.9 Å². The van der Waals surface area contributed by atoms with Gasteiger partial charge in [-0.3, -0.25) is 4.79 Å². The third kappa shape index (κ3) is 5.55. The van der Waals surface area contributed by atoms with Crippen LogP contribution in [0.4, 0.5) is 10.8 Å². The maximum Gasteiger partial charge on any atom is 0.236 e. The summed E-state index contributed by atoms with van der Waals surface area (Å²) in [7, 11) is 2.21. The number of nitrogens with one attached hydrogen (secondary N) is 2. The van der Waals surface area contributed by atoms with Crippen molar-refractivity contribution in [3.05, 3.63) is 41.9 Å². The molecule has 1 amide bonds. The zero-order chi connectivity index (χ0) is 17.5. The lowest BCUT2D eigenvalue weighted by atomic mass is 10.3. The highest BCUT2D eigenvalue weighted by Crippen LogP contribution is 2.18. The van der Waals surface area contributed by atoms with Gasteiger partial charge >= 0.3 is 0 Å². The number of likely N-dealkylation sites (N-methyl/N-ethyl adjacent to an activating group) is 1. The molecule has 0 atom stereocenters. The van der Waals surface area contributed by atoms with Crippen LogP contribution in [0.5, 0.6) is 0 Å². The van der Waals surface area contributed by atoms with Gasteiger partial charge in [-0.15, -0.1) is 11.3 Å². The Kier molecular flexibility index (Phi) is 6.43. The van der Waals surface area contributed by atoms with Crippen molar-refractivity contribution < 1.29 is 9.69 Å². The van der Waals surface area contributed by atoms with Crippen molar-refractivity contribution in [1.29, 1.82) is 0 Å². The van der Waals surface area contributed by atoms with Gasteiger partial charge in [0, 0.05) is 11.6 Å². The van der Waals surface area contributed by atoms with Crippen molar-refractivity contribution in [2.24, 2.45) is 4.99 Å². The van der Waals surface area contributed by atoms with Crippen molar-refractivity contribution in [3.8, 4) is 0 Å². The van der Waals surface area contributed by atoms with Crippen LogP contribution in [0, 0.1) is 0 Å². The van der Waals surface area contributed by atoms with Crippen molar-refractivity contribution in [1.82, 2.24) is 9.88 Å². The van der Waals surface area contributed by atoms with Crippen LogP contribution in [-0.2, 0) is 4.79 Å². The number of quaternary nitrogens is 1. The first kappa shape index (κ1) is 17.9. The fraction of sp³-hybridized carbons (Fsp3) is 0.353. The van der Waals surface area contributed by atoms with Crippen LogP contribution in [0.25, 0.3) is 0 Å². The van der Waals surface area contributed by atoms with E-state index in [4.69, 9.17) is 4.99 Å². The van der Waals surface area contributed by atoms with E-state index < -0.39 is 0 Å². The van der Waals surface area contributed by atoms with E-state index in [9.17, 15) is 4.79 Å². The number of piperazine rings is 1. The Labute approximate surface area is 156 Å². The Hall–Kier alpha value is -1.90. The summed E-state index contributed by atoms with van der Waals surface area (Å²) < 4.78 is 0. The van der Waals surface area contributed by atoms with Crippen molar-refractivity contribution in [2.45, 2.75) is 0 Å². The first-order valence-electron chi connectivity index (χ1n) is 8.23. The minimum atomic E-state index is -0.0551. The van der Waals surface area contributed by atoms with Crippen LogP contribution in [0.3, 0.4) is 0 Å². The molecule has 0 unspecified atom stereocenters. The molecule has 8 heteroatoms. The number of aromatic nitrogens is 1. The molecule has 2 aromatic rings. The number of anilines is 1. The highest BCUT2D eigenvalue weighted by Gasteiger charge is 2.21. The second-order valence-corrected chi connectivity index (χ2v) is 7.69. The second-order valence-electron chi connectivity index (χ2n) is 5.85. The van der Waals surface area contributed by atoms with Crippen molar-refractivity contribution in [3.63, 3.8) is 0 Å². The smallest absolute Gasteiger partial charge is 0.236 e. The molecule has 25 heavy (non-hydrogen) atoms. The van der Waals surface area contributed by atoms with Crippen LogP contribution in [0.2, 0.25) is 0 Å². The van der Waals surface area contributed by atoms with Gasteiger partial charge in [-0.25, -0.2) is 9.98 Å². The summed E-state index contributed by atoms with van der Waals surface area (Å²) >= 11 is 2.91. The number of aliphatic imine (C=N–C) groups is 1. The number of thioether (sulfide) groups is 1. The Morgan fingerprint density at radius 1 is 1.36 bits per heavy atom. The number of carbonyl (C=O) groups is 1. The fourth-order valence-corrected chi connectivity index (χ4v) is 3.87. The van der Waals surface area contributed by atoms with Gasteiger partial charge in [0.1, 0.15) is 0 Å². The zero-order valence-electron chi connectivity index (χ0n) is 14.1. The maximum absolute atomic E-state index is 12.2. The minimum Gasteiger partial charge on any atom is -0.340 e. The summed E-state index contributed by atoms with van der Waals surface area (Å²) in [4.78, 5) is 24.8. The SMILES string of the molecule is C[NH+]1CCN(C(=Nc2ccccc2)SCC(=O)Nc2nccs2)CC1. The summed E-state index contributed by atoms with van der Waals surface area (Å²) in [5, 5.41) is 6.21. The Morgan fingerprint density at radius 3 is 2.80 bits per heavy atom. The van der Waals surface area contributed by atoms with Gasteiger partial charge in [0.05, 0.1) is 44.7 Å². The molecule has 0 radical (unpaired) electrons. The van der Waals surface area contributed by atoms with Crippen molar-refractivity contribution >= 4 is 45.0 Å². The first-order chi connectivity index (χ1) is 12.2. The Bertz CT molecular complexity index is 697. The molecule has 1 saturated heterocycles. The zero-order valence-corrected chi connectivity index (χ0v) is 15.8. The van der Waals surface area contributed by atoms with E-state index in [2.05, 4.69) is 22.2 Å². The molecule has 0 spiro atoms. The van der Waals surface area contributed by atoms with E-state index in [1.165, 1.54) is 28.0 Å². The molecule has 0 aliphatic carbocycles. The number of thiazole rings is 1. The van der Waals surface area contributed by atoms with Gasteiger partial charge in [-0.05, 0) is 12.1 Å². The molecule has 1 fully saturated rings. The van der Waals surface area contributed by atoms with Gasteiger partial charge in [0.15, 0.2) is 10.3 Å². The predicted octanol–water partition coefficient (Wildman–Crippen LogP) is 1.33. The summed E-state index contributed by atoms with van der Waals surface area (Å²) in [6.07, 6.45) is 1.68. The van der Waals surface area contributed by atoms with Crippen LogP contribution in [0.1, 0.15) is 0 Å². The molecule has 132 valence electrons. The van der Waals surface area contributed by atoms with E-state index in [1.807, 2.05) is 35.7 Å². The summed E-state index contributed by atoms with van der Waals surface area (Å²) in [6.45, 7) is 4.08. The molecule has 1 aromatic carbocycles. The van der Waals surface area contributed by atoms with Gasteiger partial charge in [-0.1, -0.05) is 30.0 Å². The van der Waals surface area contributed by atoms with Gasteiger partial charge in [0.25, 0.3) is 0 Å². The highest BCUT2D eigenvalue weighted by atomic mass is 32.2. The lowest BCUT2D eigenvalue weighted by Crippen LogP contribution is -3.12. The molecular formula is C17H22N5OS2+. The van der Waals surface area contributed by atoms with E-state index >= 15 is 0 Å². The molecule has 0 saturated carbocycles. The van der Waals surface area contributed by atoms with Crippen LogP contribution >= 0.6 is 23.1 Å². The maximum atomic E-state index is 12.2. The van der Waals surface area contributed by atoms with Crippen LogP contribution < -0.4 is 10.2 Å². The lowest BCUT2D eigenvalue weighted by molar-refractivity contribution is -0.883. The molecule has 0 bridgehead atoms. The number of rotatable bonds is 4. The molecule has 2 heterocycles. The average molecular weight is 377 g/mol. The van der Waals surface area contributed by atoms with Gasteiger partial charge < -0.3 is 15.1 Å². The normalized spacial score (nSPS) is 16.0. The summed E-state index contributed by atoms with van der Waals surface area (Å²) in [5.74, 6) is 0.269. The molecule has 3 rings (SSSR count). The largest absolute Gasteiger partial charge is 0.340 e. The van der Waals surface area contributed by atoms with E-state index in [-0.39, 0.29) is 5.91 Å². The predicted molar refractivity (Wildman–Crippen MR) is 105 cm³/mol. The van der Waals surface area contributed by atoms with Crippen LogP contribution in [0.15, 0.2) is 46.9 Å². The minimum absolute atomic E-state index is 0.0551. The van der Waals surface area contributed by atoms with Crippen molar-refractivity contribution in [2.75, 3.05) is 44.3 Å². The number of nitrogens with zero attached hydrogens (tertiary/aromatic N) is 3. The van der Waals surface area contributed by atoms with Gasteiger partial charge in [-0.2, -0.15) is 0 Å². The molecule has 1 aliphatic heterocycles. The lowest BCUT2D eigenvalue weighted by Gasteiger charge is -2.32. The number of carbonyl (C=O) groups excluding carboxylic acids is 1. The number of benzene rings is 1. The number of amidine groups is 1. The van der Waals surface area contributed by atoms with Crippen LogP contribution in [-0.4, -0.2) is 59.9 Å². The topological polar surface area (TPSA) is 62.0 Å². The monoisotopic (exact) mass is 376 g/mol. The number of hydrogen-bond acceptors (Lipinski definition) is 5. The third-order valence-electron chi connectivity index (χ3n) is 3.88. The molecular weight excluding hydrogens is 354 g/mol. The summed E-state index contributed by atoms with van der Waals surface area (Å²) in [5.41, 5.74) is 0.914. The number of para-hydroxylation sites is 1.